The van der Waals surface area contributed by atoms with Gasteiger partial charge in [0.05, 0.1) is 33.3 Å². The van der Waals surface area contributed by atoms with Crippen molar-refractivity contribution in [2.24, 2.45) is 12.5 Å². The van der Waals surface area contributed by atoms with Crippen molar-refractivity contribution in [3.05, 3.63) is 40.6 Å². The van der Waals surface area contributed by atoms with E-state index in [9.17, 15) is 22.0 Å². The van der Waals surface area contributed by atoms with E-state index in [2.05, 4.69) is 20.4 Å². The lowest BCUT2D eigenvalue weighted by Crippen LogP contribution is -2.51. The quantitative estimate of drug-likeness (QED) is 0.240. The molecule has 0 radical (unpaired) electrons. The third-order valence-electron chi connectivity index (χ3n) is 9.17. The number of alkyl halides is 5. The Morgan fingerprint density at radius 3 is 2.37 bits per heavy atom. The summed E-state index contributed by atoms with van der Waals surface area (Å²) in [5.41, 5.74) is -5.52. The first-order chi connectivity index (χ1) is 21.6. The Hall–Kier alpha value is -3.43. The maximum Gasteiger partial charge on any atom is 0.418 e. The van der Waals surface area contributed by atoms with E-state index in [1.165, 1.54) is 13.2 Å². The summed E-state index contributed by atoms with van der Waals surface area (Å²) in [6.45, 7) is 0.366. The van der Waals surface area contributed by atoms with Crippen LogP contribution in [0.15, 0.2) is 18.3 Å². The number of ether oxygens (including phenoxy) is 1. The molecule has 3 aliphatic rings. The fourth-order valence-corrected chi connectivity index (χ4v) is 7.38. The zero-order chi connectivity index (χ0) is 32.9. The summed E-state index contributed by atoms with van der Waals surface area (Å²) in [5, 5.41) is 6.72. The number of halogens is 8. The first kappa shape index (κ1) is 31.2. The highest BCUT2D eigenvalue weighted by atomic mass is 35.5. The van der Waals surface area contributed by atoms with Crippen LogP contribution in [-0.4, -0.2) is 83.0 Å². The molecule has 3 atom stereocenters. The smallest absolute Gasteiger partial charge is 0.418 e. The molecular formula is C30H29ClF7N7O. The normalized spacial score (nSPS) is 24.0. The van der Waals surface area contributed by atoms with E-state index in [0.717, 1.165) is 29.7 Å². The molecule has 2 aromatic carbocycles. The minimum Gasteiger partial charge on any atom is -0.463 e. The molecule has 2 unspecified atom stereocenters. The van der Waals surface area contributed by atoms with Crippen molar-refractivity contribution in [2.75, 3.05) is 45.2 Å². The number of piperazine rings is 1. The number of hydrogen-bond donors (Lipinski definition) is 1. The Morgan fingerprint density at radius 1 is 1.09 bits per heavy atom. The van der Waals surface area contributed by atoms with Gasteiger partial charge in [-0.05, 0) is 39.1 Å². The molecule has 46 heavy (non-hydrogen) atoms. The summed E-state index contributed by atoms with van der Waals surface area (Å²) >= 11 is 6.08. The van der Waals surface area contributed by atoms with Gasteiger partial charge in [0.2, 0.25) is 0 Å². The summed E-state index contributed by atoms with van der Waals surface area (Å²) < 4.78 is 112. The molecule has 3 fully saturated rings. The Bertz CT molecular complexity index is 1870. The zero-order valence-electron chi connectivity index (χ0n) is 25.0. The average molecular weight is 672 g/mol. The minimum absolute atomic E-state index is 0.000990. The third-order valence-corrected chi connectivity index (χ3v) is 9.47. The third kappa shape index (κ3) is 5.01. The molecule has 4 heterocycles. The Labute approximate surface area is 263 Å². The monoisotopic (exact) mass is 671 g/mol. The number of nitrogens with zero attached hydrogens (tertiary/aromatic N) is 6. The number of hydrogen-bond acceptors (Lipinski definition) is 7. The fourth-order valence-electron chi connectivity index (χ4n) is 7.06. The Kier molecular flexibility index (Phi) is 7.15. The van der Waals surface area contributed by atoms with Gasteiger partial charge < -0.3 is 19.9 Å². The van der Waals surface area contributed by atoms with Crippen molar-refractivity contribution in [1.82, 2.24) is 30.0 Å². The van der Waals surface area contributed by atoms with Crippen LogP contribution in [0, 0.1) is 17.0 Å². The number of anilines is 1. The largest absolute Gasteiger partial charge is 0.463 e. The summed E-state index contributed by atoms with van der Waals surface area (Å²) in [6, 6.07) is 1.65. The minimum atomic E-state index is -5.10. The van der Waals surface area contributed by atoms with Crippen LogP contribution in [0.25, 0.3) is 32.9 Å². The van der Waals surface area contributed by atoms with Crippen LogP contribution in [-0.2, 0) is 13.2 Å². The van der Waals surface area contributed by atoms with Crippen molar-refractivity contribution in [2.45, 2.75) is 43.4 Å². The number of fused-ring (bicyclic) bond motifs is 4. The molecular weight excluding hydrogens is 643 g/mol. The highest BCUT2D eigenvalue weighted by molar-refractivity contribution is 6.33. The molecule has 2 aliphatic heterocycles. The number of rotatable bonds is 7. The number of nitrogens with one attached hydrogen (secondary N) is 1. The molecule has 4 aromatic rings. The second-order valence-electron chi connectivity index (χ2n) is 12.8. The molecule has 246 valence electrons. The standard InChI is InChI=1S/C30H29ClF7N7O/c1-43(2)12-28(11-29(28,34)35)13-46-27-41-24-17(26(42-27)45-9-15-4-5-16(10-45)40-15)7-19(32)20(23(24)33)21-22(30(36,37)38)18(31)6-14-8-39-44(3)25(14)21/h6-8,15-16,40H,4-5,9-13H2,1-3H3/t15?,16?,28-/m1/s1. The van der Waals surface area contributed by atoms with Gasteiger partial charge >= 0.3 is 12.2 Å². The number of aryl methyl sites for hydroxylation is 1. The van der Waals surface area contributed by atoms with E-state index in [1.807, 2.05) is 4.90 Å². The second kappa shape index (κ2) is 10.5. The number of aromatic nitrogens is 4. The van der Waals surface area contributed by atoms with E-state index in [-0.39, 0.29) is 40.7 Å². The van der Waals surface area contributed by atoms with Crippen LogP contribution in [0.3, 0.4) is 0 Å². The summed E-state index contributed by atoms with van der Waals surface area (Å²) in [7, 11) is 4.64. The maximum atomic E-state index is 16.8. The highest BCUT2D eigenvalue weighted by Crippen LogP contribution is 2.60. The van der Waals surface area contributed by atoms with E-state index in [4.69, 9.17) is 16.3 Å². The predicted molar refractivity (Wildman–Crippen MR) is 157 cm³/mol. The molecule has 7 rings (SSSR count). The molecule has 2 saturated heterocycles. The first-order valence-corrected chi connectivity index (χ1v) is 15.0. The second-order valence-corrected chi connectivity index (χ2v) is 13.2. The molecule has 16 heteroatoms. The van der Waals surface area contributed by atoms with E-state index < -0.39 is 75.4 Å². The first-order valence-electron chi connectivity index (χ1n) is 14.7. The van der Waals surface area contributed by atoms with Gasteiger partial charge in [0.25, 0.3) is 5.92 Å². The molecule has 1 aliphatic carbocycles. The van der Waals surface area contributed by atoms with Gasteiger partial charge in [0.15, 0.2) is 5.82 Å². The van der Waals surface area contributed by atoms with Gasteiger partial charge in [-0.15, -0.1) is 0 Å². The van der Waals surface area contributed by atoms with Gasteiger partial charge in [-0.2, -0.15) is 28.2 Å². The van der Waals surface area contributed by atoms with Gasteiger partial charge in [-0.1, -0.05) is 11.6 Å². The van der Waals surface area contributed by atoms with Crippen LogP contribution >= 0.6 is 11.6 Å². The number of benzene rings is 2. The molecule has 0 spiro atoms. The summed E-state index contributed by atoms with van der Waals surface area (Å²) in [4.78, 5) is 12.0. The topological polar surface area (TPSA) is 71.3 Å². The van der Waals surface area contributed by atoms with E-state index in [1.54, 1.807) is 19.0 Å². The van der Waals surface area contributed by atoms with Gasteiger partial charge in [-0.3, -0.25) is 4.68 Å². The SMILES string of the molecule is CN(C)C[C@@]1(COc2nc(N3CC4CCC(C3)N4)c3cc(F)c(-c4c(C(F)(F)F)c(Cl)cc5cnn(C)c45)c(F)c3n2)CC1(F)F. The van der Waals surface area contributed by atoms with Crippen molar-refractivity contribution < 1.29 is 35.5 Å². The van der Waals surface area contributed by atoms with Gasteiger partial charge in [-0.25, -0.2) is 17.6 Å². The van der Waals surface area contributed by atoms with E-state index >= 15 is 8.78 Å². The van der Waals surface area contributed by atoms with Crippen LogP contribution in [0.2, 0.25) is 5.02 Å². The lowest BCUT2D eigenvalue weighted by molar-refractivity contribution is -0.136. The molecule has 2 aromatic heterocycles. The summed E-state index contributed by atoms with van der Waals surface area (Å²) in [5.74, 6) is -5.61. The molecule has 1 saturated carbocycles. The highest BCUT2D eigenvalue weighted by Gasteiger charge is 2.71. The van der Waals surface area contributed by atoms with Crippen molar-refractivity contribution in [3.8, 4) is 17.1 Å². The van der Waals surface area contributed by atoms with Crippen LogP contribution in [0.5, 0.6) is 6.01 Å². The van der Waals surface area contributed by atoms with Crippen LogP contribution in [0.4, 0.5) is 36.6 Å². The molecule has 2 bridgehead atoms. The van der Waals surface area contributed by atoms with Crippen molar-refractivity contribution >= 4 is 39.2 Å². The van der Waals surface area contributed by atoms with Crippen LogP contribution in [0.1, 0.15) is 24.8 Å². The van der Waals surface area contributed by atoms with Crippen molar-refractivity contribution in [3.63, 3.8) is 0 Å². The molecule has 0 amide bonds. The summed E-state index contributed by atoms with van der Waals surface area (Å²) in [6.07, 6.45) is -2.54. The lowest BCUT2D eigenvalue weighted by Gasteiger charge is -2.34. The lowest BCUT2D eigenvalue weighted by atomic mass is 9.94. The predicted octanol–water partition coefficient (Wildman–Crippen LogP) is 6.04. The van der Waals surface area contributed by atoms with Crippen molar-refractivity contribution in [1.29, 1.82) is 0 Å². The average Bonchev–Trinajstić information content (AvgIpc) is 3.18. The van der Waals surface area contributed by atoms with Gasteiger partial charge in [0.1, 0.15) is 23.8 Å². The zero-order valence-corrected chi connectivity index (χ0v) is 25.7. The maximum absolute atomic E-state index is 16.8. The molecule has 8 nitrogen and oxygen atoms in total. The van der Waals surface area contributed by atoms with E-state index in [0.29, 0.717) is 13.1 Å². The Balaban J connectivity index is 1.44. The fraction of sp³-hybridized carbons (Fsp3) is 0.500. The van der Waals surface area contributed by atoms with Gasteiger partial charge in [0, 0.05) is 61.5 Å². The van der Waals surface area contributed by atoms with Crippen LogP contribution < -0.4 is 15.0 Å². The molecule has 1 N–H and O–H groups in total. The Morgan fingerprint density at radius 2 is 1.76 bits per heavy atom.